The van der Waals surface area contributed by atoms with E-state index in [1.165, 1.54) is 11.3 Å². The standard InChI is InChI=1S/C8H10BrNO3S/c9-2-1-6(12)7(13)8-10-5(3-11)4-14-8/h3-4,6-7,12-13H,1-2H2. The van der Waals surface area contributed by atoms with E-state index >= 15 is 0 Å². The Morgan fingerprint density at radius 2 is 2.36 bits per heavy atom. The zero-order valence-electron chi connectivity index (χ0n) is 7.26. The molecule has 14 heavy (non-hydrogen) atoms. The zero-order chi connectivity index (χ0) is 10.6. The van der Waals surface area contributed by atoms with Gasteiger partial charge in [0.2, 0.25) is 0 Å². The van der Waals surface area contributed by atoms with Crippen LogP contribution < -0.4 is 0 Å². The Kier molecular flexibility index (Phi) is 4.67. The molecular weight excluding hydrogens is 270 g/mol. The molecule has 78 valence electrons. The van der Waals surface area contributed by atoms with Crippen molar-refractivity contribution in [1.29, 1.82) is 0 Å². The van der Waals surface area contributed by atoms with Crippen LogP contribution in [0.1, 0.15) is 28.0 Å². The van der Waals surface area contributed by atoms with Gasteiger partial charge < -0.3 is 10.2 Å². The van der Waals surface area contributed by atoms with Gasteiger partial charge in [-0.1, -0.05) is 15.9 Å². The fourth-order valence-electron chi connectivity index (χ4n) is 0.925. The molecule has 0 amide bonds. The second-order valence-corrected chi connectivity index (χ2v) is 4.40. The number of carbonyl (C=O) groups is 1. The van der Waals surface area contributed by atoms with E-state index in [1.54, 1.807) is 5.38 Å². The van der Waals surface area contributed by atoms with E-state index in [0.29, 0.717) is 23.0 Å². The molecule has 0 fully saturated rings. The average molecular weight is 280 g/mol. The smallest absolute Gasteiger partial charge is 0.169 e. The van der Waals surface area contributed by atoms with Gasteiger partial charge in [0.05, 0.1) is 6.10 Å². The average Bonchev–Trinajstić information content (AvgIpc) is 2.65. The second-order valence-electron chi connectivity index (χ2n) is 2.72. The third kappa shape index (κ3) is 2.84. The quantitative estimate of drug-likeness (QED) is 0.626. The van der Waals surface area contributed by atoms with Crippen LogP contribution in [0, 0.1) is 0 Å². The summed E-state index contributed by atoms with van der Waals surface area (Å²) >= 11 is 4.33. The third-order valence-corrected chi connectivity index (χ3v) is 3.07. The van der Waals surface area contributed by atoms with E-state index < -0.39 is 12.2 Å². The number of aldehydes is 1. The Labute approximate surface area is 93.7 Å². The first-order chi connectivity index (χ1) is 6.69. The van der Waals surface area contributed by atoms with Crippen LogP contribution in [0.3, 0.4) is 0 Å². The zero-order valence-corrected chi connectivity index (χ0v) is 9.66. The first-order valence-corrected chi connectivity index (χ1v) is 6.02. The third-order valence-electron chi connectivity index (χ3n) is 1.68. The summed E-state index contributed by atoms with van der Waals surface area (Å²) in [5.74, 6) is 0. The molecule has 0 aliphatic heterocycles. The molecule has 0 aliphatic rings. The van der Waals surface area contributed by atoms with E-state index in [0.717, 1.165) is 0 Å². The lowest BCUT2D eigenvalue weighted by molar-refractivity contribution is 0.0172. The van der Waals surface area contributed by atoms with Gasteiger partial charge in [0.15, 0.2) is 6.29 Å². The van der Waals surface area contributed by atoms with Crippen molar-refractivity contribution in [2.75, 3.05) is 5.33 Å². The molecule has 2 N–H and O–H groups in total. The Hall–Kier alpha value is -0.300. The maximum atomic E-state index is 10.3. The Morgan fingerprint density at radius 3 is 2.86 bits per heavy atom. The first-order valence-electron chi connectivity index (χ1n) is 4.01. The molecular formula is C8H10BrNO3S. The van der Waals surface area contributed by atoms with Crippen molar-refractivity contribution in [2.24, 2.45) is 0 Å². The second kappa shape index (κ2) is 5.55. The fraction of sp³-hybridized carbons (Fsp3) is 0.500. The SMILES string of the molecule is O=Cc1csc(C(O)C(O)CCBr)n1. The number of carbonyl (C=O) groups excluding carboxylic acids is 1. The van der Waals surface area contributed by atoms with Crippen LogP contribution in [0.15, 0.2) is 5.38 Å². The lowest BCUT2D eigenvalue weighted by Gasteiger charge is -2.13. The number of halogens is 1. The summed E-state index contributed by atoms with van der Waals surface area (Å²) in [6.45, 7) is 0. The van der Waals surface area contributed by atoms with E-state index in [1.807, 2.05) is 0 Å². The lowest BCUT2D eigenvalue weighted by atomic mass is 10.2. The molecule has 1 heterocycles. The molecule has 0 spiro atoms. The minimum atomic E-state index is -1.01. The van der Waals surface area contributed by atoms with Gasteiger partial charge >= 0.3 is 0 Å². The number of rotatable bonds is 5. The predicted octanol–water partition coefficient (Wildman–Crippen LogP) is 1.13. The van der Waals surface area contributed by atoms with Gasteiger partial charge in [0, 0.05) is 10.7 Å². The normalized spacial score (nSPS) is 15.1. The summed E-state index contributed by atoms with van der Waals surface area (Å²) in [7, 11) is 0. The van der Waals surface area contributed by atoms with Crippen LogP contribution in [0.4, 0.5) is 0 Å². The number of aliphatic hydroxyl groups is 2. The fourth-order valence-corrected chi connectivity index (χ4v) is 2.20. The predicted molar refractivity (Wildman–Crippen MR) is 56.9 cm³/mol. The van der Waals surface area contributed by atoms with Gasteiger partial charge in [-0.15, -0.1) is 11.3 Å². The summed E-state index contributed by atoms with van der Waals surface area (Å²) in [4.78, 5) is 14.2. The molecule has 2 unspecified atom stereocenters. The maximum absolute atomic E-state index is 10.3. The summed E-state index contributed by atoms with van der Waals surface area (Å²) in [6, 6.07) is 0. The maximum Gasteiger partial charge on any atom is 0.169 e. The van der Waals surface area contributed by atoms with Crippen LogP contribution >= 0.6 is 27.3 Å². The van der Waals surface area contributed by atoms with Crippen LogP contribution in [0.2, 0.25) is 0 Å². The van der Waals surface area contributed by atoms with Crippen molar-refractivity contribution in [3.63, 3.8) is 0 Å². The number of hydrogen-bond donors (Lipinski definition) is 2. The van der Waals surface area contributed by atoms with Gasteiger partial charge in [0.1, 0.15) is 16.8 Å². The highest BCUT2D eigenvalue weighted by Crippen LogP contribution is 2.22. The highest BCUT2D eigenvalue weighted by molar-refractivity contribution is 9.09. The number of aromatic nitrogens is 1. The van der Waals surface area contributed by atoms with Gasteiger partial charge in [-0.05, 0) is 6.42 Å². The minimum Gasteiger partial charge on any atom is -0.390 e. The highest BCUT2D eigenvalue weighted by Gasteiger charge is 2.20. The Balaban J connectivity index is 2.67. The summed E-state index contributed by atoms with van der Waals surface area (Å²) in [6.07, 6.45) is -0.799. The van der Waals surface area contributed by atoms with Gasteiger partial charge in [-0.3, -0.25) is 4.79 Å². The van der Waals surface area contributed by atoms with Gasteiger partial charge in [-0.25, -0.2) is 4.98 Å². The summed E-state index contributed by atoms with van der Waals surface area (Å²) < 4.78 is 0. The van der Waals surface area contributed by atoms with Crippen molar-refractivity contribution in [3.05, 3.63) is 16.1 Å². The van der Waals surface area contributed by atoms with Crippen LogP contribution in [0.5, 0.6) is 0 Å². The van der Waals surface area contributed by atoms with E-state index in [9.17, 15) is 15.0 Å². The van der Waals surface area contributed by atoms with Crippen LogP contribution in [0.25, 0.3) is 0 Å². The summed E-state index contributed by atoms with van der Waals surface area (Å²) in [5.41, 5.74) is 0.287. The van der Waals surface area contributed by atoms with Crippen molar-refractivity contribution in [1.82, 2.24) is 4.98 Å². The molecule has 0 saturated heterocycles. The molecule has 0 aromatic carbocycles. The van der Waals surface area contributed by atoms with E-state index in [-0.39, 0.29) is 5.69 Å². The molecule has 1 aromatic rings. The lowest BCUT2D eigenvalue weighted by Crippen LogP contribution is -2.18. The van der Waals surface area contributed by atoms with Crippen LogP contribution in [-0.2, 0) is 0 Å². The van der Waals surface area contributed by atoms with E-state index in [4.69, 9.17) is 0 Å². The molecule has 1 aromatic heterocycles. The molecule has 6 heteroatoms. The molecule has 0 bridgehead atoms. The number of alkyl halides is 1. The minimum absolute atomic E-state index is 0.287. The van der Waals surface area contributed by atoms with Gasteiger partial charge in [0.25, 0.3) is 0 Å². The van der Waals surface area contributed by atoms with Crippen molar-refractivity contribution < 1.29 is 15.0 Å². The highest BCUT2D eigenvalue weighted by atomic mass is 79.9. The Bertz CT molecular complexity index is 305. The van der Waals surface area contributed by atoms with Crippen molar-refractivity contribution >= 4 is 33.6 Å². The number of hydrogen-bond acceptors (Lipinski definition) is 5. The molecule has 2 atom stereocenters. The van der Waals surface area contributed by atoms with Crippen molar-refractivity contribution in [2.45, 2.75) is 18.6 Å². The largest absolute Gasteiger partial charge is 0.390 e. The molecule has 0 aliphatic carbocycles. The molecule has 0 saturated carbocycles. The number of thiazole rings is 1. The topological polar surface area (TPSA) is 70.4 Å². The number of aliphatic hydroxyl groups excluding tert-OH is 2. The number of nitrogens with zero attached hydrogens (tertiary/aromatic N) is 1. The van der Waals surface area contributed by atoms with Crippen molar-refractivity contribution in [3.8, 4) is 0 Å². The van der Waals surface area contributed by atoms with Crippen LogP contribution in [-0.4, -0.2) is 32.9 Å². The monoisotopic (exact) mass is 279 g/mol. The summed E-state index contributed by atoms with van der Waals surface area (Å²) in [5, 5.41) is 21.6. The van der Waals surface area contributed by atoms with Gasteiger partial charge in [-0.2, -0.15) is 0 Å². The molecule has 4 nitrogen and oxygen atoms in total. The first kappa shape index (κ1) is 11.8. The molecule has 0 radical (unpaired) electrons. The Morgan fingerprint density at radius 1 is 1.64 bits per heavy atom. The molecule has 1 rings (SSSR count). The van der Waals surface area contributed by atoms with E-state index in [2.05, 4.69) is 20.9 Å².